The molecule has 0 fully saturated rings. The molecule has 2 nitrogen and oxygen atoms in total. The molecule has 0 amide bonds. The summed E-state index contributed by atoms with van der Waals surface area (Å²) >= 11 is 6.18. The second-order valence-corrected chi connectivity index (χ2v) is 4.99. The minimum atomic E-state index is -4.74. The highest BCUT2D eigenvalue weighted by Gasteiger charge is 2.31. The van der Waals surface area contributed by atoms with Crippen molar-refractivity contribution in [2.24, 2.45) is 0 Å². The van der Waals surface area contributed by atoms with Crippen molar-refractivity contribution in [2.75, 3.05) is 0 Å². The highest BCUT2D eigenvalue weighted by atomic mass is 35.5. The number of hydrogen-bond donors (Lipinski definition) is 0. The highest BCUT2D eigenvalue weighted by molar-refractivity contribution is 6.35. The summed E-state index contributed by atoms with van der Waals surface area (Å²) in [6.07, 6.45) is -4.74. The SMILES string of the molecule is FC(F)(F)Oc1ccc2nc(-c3ccccc3)cc(Cl)c2c1. The van der Waals surface area contributed by atoms with Crippen molar-refractivity contribution in [3.8, 4) is 17.0 Å². The van der Waals surface area contributed by atoms with Crippen LogP contribution in [-0.4, -0.2) is 11.3 Å². The zero-order valence-corrected chi connectivity index (χ0v) is 11.8. The lowest BCUT2D eigenvalue weighted by Crippen LogP contribution is -2.17. The summed E-state index contributed by atoms with van der Waals surface area (Å²) in [4.78, 5) is 4.42. The second-order valence-electron chi connectivity index (χ2n) is 4.58. The maximum atomic E-state index is 12.3. The van der Waals surface area contributed by atoms with E-state index in [1.54, 1.807) is 6.07 Å². The summed E-state index contributed by atoms with van der Waals surface area (Å²) in [5.74, 6) is -0.323. The first kappa shape index (κ1) is 14.7. The third-order valence-corrected chi connectivity index (χ3v) is 3.35. The predicted molar refractivity (Wildman–Crippen MR) is 78.9 cm³/mol. The van der Waals surface area contributed by atoms with Crippen LogP contribution < -0.4 is 4.74 Å². The first-order chi connectivity index (χ1) is 10.4. The van der Waals surface area contributed by atoms with Crippen LogP contribution in [0.2, 0.25) is 5.02 Å². The summed E-state index contributed by atoms with van der Waals surface area (Å²) in [6.45, 7) is 0. The summed E-state index contributed by atoms with van der Waals surface area (Å²) in [5, 5.41) is 0.722. The van der Waals surface area contributed by atoms with Crippen molar-refractivity contribution < 1.29 is 17.9 Å². The number of rotatable bonds is 2. The maximum Gasteiger partial charge on any atom is 0.573 e. The van der Waals surface area contributed by atoms with Gasteiger partial charge in [-0.05, 0) is 24.3 Å². The van der Waals surface area contributed by atoms with Crippen molar-refractivity contribution in [2.45, 2.75) is 6.36 Å². The van der Waals surface area contributed by atoms with E-state index in [9.17, 15) is 13.2 Å². The van der Waals surface area contributed by atoms with Gasteiger partial charge in [-0.1, -0.05) is 41.9 Å². The van der Waals surface area contributed by atoms with Crippen LogP contribution in [0.3, 0.4) is 0 Å². The first-order valence-electron chi connectivity index (χ1n) is 6.34. The molecule has 3 rings (SSSR count). The largest absolute Gasteiger partial charge is 0.573 e. The van der Waals surface area contributed by atoms with Crippen LogP contribution in [-0.2, 0) is 0 Å². The van der Waals surface area contributed by atoms with E-state index in [-0.39, 0.29) is 5.75 Å². The third-order valence-electron chi connectivity index (χ3n) is 3.03. The molecule has 0 saturated heterocycles. The van der Waals surface area contributed by atoms with Crippen molar-refractivity contribution in [1.82, 2.24) is 4.98 Å². The van der Waals surface area contributed by atoms with E-state index in [1.807, 2.05) is 30.3 Å². The van der Waals surface area contributed by atoms with Crippen molar-refractivity contribution in [1.29, 1.82) is 0 Å². The molecule has 0 bridgehead atoms. The van der Waals surface area contributed by atoms with Gasteiger partial charge in [0.2, 0.25) is 0 Å². The molecule has 1 aromatic heterocycles. The Morgan fingerprint density at radius 2 is 1.68 bits per heavy atom. The topological polar surface area (TPSA) is 22.1 Å². The number of fused-ring (bicyclic) bond motifs is 1. The second kappa shape index (κ2) is 5.50. The van der Waals surface area contributed by atoms with Crippen LogP contribution in [0.5, 0.6) is 5.75 Å². The Morgan fingerprint density at radius 1 is 0.955 bits per heavy atom. The average Bonchev–Trinajstić information content (AvgIpc) is 2.47. The molecule has 0 spiro atoms. The number of nitrogens with zero attached hydrogens (tertiary/aromatic N) is 1. The first-order valence-corrected chi connectivity index (χ1v) is 6.72. The minimum Gasteiger partial charge on any atom is -0.406 e. The van der Waals surface area contributed by atoms with Gasteiger partial charge < -0.3 is 4.74 Å². The van der Waals surface area contributed by atoms with Gasteiger partial charge in [0.15, 0.2) is 0 Å². The van der Waals surface area contributed by atoms with E-state index in [1.165, 1.54) is 18.2 Å². The molecule has 0 atom stereocenters. The van der Waals surface area contributed by atoms with Crippen molar-refractivity contribution in [3.05, 3.63) is 59.6 Å². The fraction of sp³-hybridized carbons (Fsp3) is 0.0625. The molecule has 0 N–H and O–H groups in total. The van der Waals surface area contributed by atoms with Crippen molar-refractivity contribution >= 4 is 22.5 Å². The number of pyridine rings is 1. The monoisotopic (exact) mass is 323 g/mol. The van der Waals surface area contributed by atoms with Crippen LogP contribution in [0.15, 0.2) is 54.6 Å². The molecule has 0 saturated carbocycles. The Morgan fingerprint density at radius 3 is 2.36 bits per heavy atom. The molecule has 3 aromatic rings. The van der Waals surface area contributed by atoms with E-state index in [4.69, 9.17) is 11.6 Å². The number of alkyl halides is 3. The van der Waals surface area contributed by atoms with Crippen LogP contribution in [0.1, 0.15) is 0 Å². The van der Waals surface area contributed by atoms with Gasteiger partial charge >= 0.3 is 6.36 Å². The fourth-order valence-corrected chi connectivity index (χ4v) is 2.37. The number of benzene rings is 2. The molecule has 22 heavy (non-hydrogen) atoms. The Hall–Kier alpha value is -2.27. The Kier molecular flexibility index (Phi) is 3.66. The van der Waals surface area contributed by atoms with Gasteiger partial charge in [-0.25, -0.2) is 4.98 Å². The number of hydrogen-bond acceptors (Lipinski definition) is 2. The van der Waals surface area contributed by atoms with Crippen LogP contribution >= 0.6 is 11.6 Å². The Labute approximate surface area is 129 Å². The van der Waals surface area contributed by atoms with Gasteiger partial charge in [0.1, 0.15) is 5.75 Å². The lowest BCUT2D eigenvalue weighted by atomic mass is 10.1. The Bertz CT molecular complexity index is 819. The molecule has 112 valence electrons. The zero-order chi connectivity index (χ0) is 15.7. The molecule has 1 heterocycles. The quantitative estimate of drug-likeness (QED) is 0.625. The van der Waals surface area contributed by atoms with Gasteiger partial charge in [-0.2, -0.15) is 0 Å². The van der Waals surface area contributed by atoms with Crippen LogP contribution in [0, 0.1) is 0 Å². The zero-order valence-electron chi connectivity index (χ0n) is 11.1. The normalized spacial score (nSPS) is 11.6. The number of ether oxygens (including phenoxy) is 1. The lowest BCUT2D eigenvalue weighted by Gasteiger charge is -2.10. The average molecular weight is 324 g/mol. The van der Waals surface area contributed by atoms with Gasteiger partial charge in [0.05, 0.1) is 16.2 Å². The summed E-state index contributed by atoms with van der Waals surface area (Å²) < 4.78 is 40.7. The number of aromatic nitrogens is 1. The molecule has 2 aromatic carbocycles. The number of halogens is 4. The van der Waals surface area contributed by atoms with E-state index >= 15 is 0 Å². The van der Waals surface area contributed by atoms with Crippen LogP contribution in [0.4, 0.5) is 13.2 Å². The molecule has 6 heteroatoms. The van der Waals surface area contributed by atoms with Gasteiger partial charge in [0.25, 0.3) is 0 Å². The standard InChI is InChI=1S/C16H9ClF3NO/c17-13-9-15(10-4-2-1-3-5-10)21-14-7-6-11(8-12(13)14)22-16(18,19)20/h1-9H. The van der Waals surface area contributed by atoms with E-state index in [0.717, 1.165) is 5.56 Å². The molecule has 0 unspecified atom stereocenters. The molecule has 0 aliphatic heterocycles. The predicted octanol–water partition coefficient (Wildman–Crippen LogP) is 5.45. The van der Waals surface area contributed by atoms with Crippen LogP contribution in [0.25, 0.3) is 22.2 Å². The maximum absolute atomic E-state index is 12.3. The smallest absolute Gasteiger partial charge is 0.406 e. The van der Waals surface area contributed by atoms with E-state index in [2.05, 4.69) is 9.72 Å². The summed E-state index contributed by atoms with van der Waals surface area (Å²) in [5.41, 5.74) is 2.03. The Balaban J connectivity index is 2.07. The minimum absolute atomic E-state index is 0.316. The van der Waals surface area contributed by atoms with Crippen molar-refractivity contribution in [3.63, 3.8) is 0 Å². The molecule has 0 aliphatic carbocycles. The van der Waals surface area contributed by atoms with E-state index < -0.39 is 6.36 Å². The van der Waals surface area contributed by atoms with E-state index in [0.29, 0.717) is 21.6 Å². The van der Waals surface area contributed by atoms with Gasteiger partial charge in [-0.3, -0.25) is 0 Å². The fourth-order valence-electron chi connectivity index (χ4n) is 2.12. The molecular formula is C16H9ClF3NO. The molecule has 0 aliphatic rings. The summed E-state index contributed by atoms with van der Waals surface area (Å²) in [6, 6.07) is 14.9. The third kappa shape index (κ3) is 3.14. The lowest BCUT2D eigenvalue weighted by molar-refractivity contribution is -0.274. The summed E-state index contributed by atoms with van der Waals surface area (Å²) in [7, 11) is 0. The van der Waals surface area contributed by atoms with Gasteiger partial charge in [-0.15, -0.1) is 13.2 Å². The molecular weight excluding hydrogens is 315 g/mol. The molecule has 0 radical (unpaired) electrons. The highest BCUT2D eigenvalue weighted by Crippen LogP contribution is 2.32. The van der Waals surface area contributed by atoms with Gasteiger partial charge in [0, 0.05) is 10.9 Å².